The van der Waals surface area contributed by atoms with Gasteiger partial charge in [-0.05, 0) is 47.9 Å². The van der Waals surface area contributed by atoms with Gasteiger partial charge in [-0.2, -0.15) is 0 Å². The van der Waals surface area contributed by atoms with Crippen LogP contribution < -0.4 is 5.32 Å². The molecule has 3 rings (SSSR count). The van der Waals surface area contributed by atoms with Crippen LogP contribution in [-0.4, -0.2) is 37.0 Å². The van der Waals surface area contributed by atoms with E-state index in [-0.39, 0.29) is 5.91 Å². The molecule has 1 heterocycles. The summed E-state index contributed by atoms with van der Waals surface area (Å²) in [4.78, 5) is 13.9. The number of amides is 1. The zero-order valence-electron chi connectivity index (χ0n) is 14.0. The van der Waals surface area contributed by atoms with Gasteiger partial charge in [0.15, 0.2) is 0 Å². The molecule has 0 spiro atoms. The van der Waals surface area contributed by atoms with Crippen LogP contribution >= 0.6 is 11.6 Å². The number of nitrogens with one attached hydrogen (secondary N) is 1. The molecule has 1 aromatic rings. The Kier molecular flexibility index (Phi) is 4.79. The fourth-order valence-corrected chi connectivity index (χ4v) is 3.69. The summed E-state index contributed by atoms with van der Waals surface area (Å²) in [6.45, 7) is 7.80. The van der Waals surface area contributed by atoms with Crippen molar-refractivity contribution in [3.63, 3.8) is 0 Å². The molecule has 1 aromatic carbocycles. The molecule has 1 saturated heterocycles. The first-order valence-electron chi connectivity index (χ1n) is 8.39. The molecule has 3 nitrogen and oxygen atoms in total. The number of carbonyl (C=O) groups is 1. The quantitative estimate of drug-likeness (QED) is 0.914. The van der Waals surface area contributed by atoms with Gasteiger partial charge in [0.2, 0.25) is 5.91 Å². The van der Waals surface area contributed by atoms with E-state index in [1.165, 1.54) is 23.1 Å². The Morgan fingerprint density at radius 1 is 1.26 bits per heavy atom. The van der Waals surface area contributed by atoms with Crippen LogP contribution in [0.1, 0.15) is 38.7 Å². The summed E-state index contributed by atoms with van der Waals surface area (Å²) in [6.07, 6.45) is 3.41. The number of benzene rings is 1. The Labute approximate surface area is 143 Å². The Morgan fingerprint density at radius 2 is 2.00 bits per heavy atom. The van der Waals surface area contributed by atoms with E-state index < -0.39 is 0 Å². The predicted octanol–water partition coefficient (Wildman–Crippen LogP) is 3.74. The monoisotopic (exact) mass is 332 g/mol. The van der Waals surface area contributed by atoms with Gasteiger partial charge in [0.25, 0.3) is 0 Å². The van der Waals surface area contributed by atoms with E-state index >= 15 is 0 Å². The number of allylic oxidation sites excluding steroid dienone is 1. The summed E-state index contributed by atoms with van der Waals surface area (Å²) in [7, 11) is 0. The normalized spacial score (nSPS) is 22.1. The van der Waals surface area contributed by atoms with Crippen LogP contribution in [-0.2, 0) is 4.79 Å². The standard InChI is InChI=1S/C19H25ClN2O/c1-19(2)8-7-15(12-22-10-9-21-18(23)13-22)17(11-19)14-3-5-16(20)6-4-14/h3-6H,7-13H2,1-2H3,(H,21,23). The van der Waals surface area contributed by atoms with Crippen molar-refractivity contribution in [1.29, 1.82) is 0 Å². The lowest BCUT2D eigenvalue weighted by molar-refractivity contribution is -0.123. The molecule has 1 N–H and O–H groups in total. The minimum absolute atomic E-state index is 0.140. The molecule has 1 amide bonds. The third-order valence-corrected chi connectivity index (χ3v) is 5.16. The molecular formula is C19H25ClN2O. The van der Waals surface area contributed by atoms with Gasteiger partial charge in [0.05, 0.1) is 6.54 Å². The Bertz CT molecular complexity index is 619. The van der Waals surface area contributed by atoms with Crippen LogP contribution in [0, 0.1) is 5.41 Å². The number of hydrogen-bond acceptors (Lipinski definition) is 2. The molecule has 0 saturated carbocycles. The first kappa shape index (κ1) is 16.5. The molecule has 1 aliphatic heterocycles. The first-order chi connectivity index (χ1) is 10.9. The number of carbonyl (C=O) groups excluding carboxylic acids is 1. The highest BCUT2D eigenvalue weighted by atomic mass is 35.5. The molecule has 23 heavy (non-hydrogen) atoms. The lowest BCUT2D eigenvalue weighted by Gasteiger charge is -2.36. The van der Waals surface area contributed by atoms with Crippen LogP contribution in [0.4, 0.5) is 0 Å². The van der Waals surface area contributed by atoms with Crippen LogP contribution in [0.25, 0.3) is 5.57 Å². The zero-order chi connectivity index (χ0) is 16.4. The highest BCUT2D eigenvalue weighted by Crippen LogP contribution is 2.43. The van der Waals surface area contributed by atoms with Crippen molar-refractivity contribution >= 4 is 23.1 Å². The molecule has 1 aliphatic carbocycles. The number of nitrogens with zero attached hydrogens (tertiary/aromatic N) is 1. The topological polar surface area (TPSA) is 32.3 Å². The van der Waals surface area contributed by atoms with Crippen LogP contribution in [0.3, 0.4) is 0 Å². The van der Waals surface area contributed by atoms with E-state index in [1.54, 1.807) is 0 Å². The molecule has 0 atom stereocenters. The average molecular weight is 333 g/mol. The minimum atomic E-state index is 0.140. The SMILES string of the molecule is CC1(C)CCC(CN2CCNC(=O)C2)=C(c2ccc(Cl)cc2)C1. The molecule has 0 aromatic heterocycles. The van der Waals surface area contributed by atoms with Crippen molar-refractivity contribution < 1.29 is 4.79 Å². The Hall–Kier alpha value is -1.32. The van der Waals surface area contributed by atoms with E-state index in [2.05, 4.69) is 36.2 Å². The largest absolute Gasteiger partial charge is 0.354 e. The van der Waals surface area contributed by atoms with Crippen molar-refractivity contribution in [2.24, 2.45) is 5.41 Å². The van der Waals surface area contributed by atoms with Crippen LogP contribution in [0.5, 0.6) is 0 Å². The predicted molar refractivity (Wildman–Crippen MR) is 95.5 cm³/mol. The highest BCUT2D eigenvalue weighted by Gasteiger charge is 2.29. The van der Waals surface area contributed by atoms with Gasteiger partial charge in [-0.3, -0.25) is 9.69 Å². The molecule has 124 valence electrons. The van der Waals surface area contributed by atoms with E-state index in [4.69, 9.17) is 11.6 Å². The summed E-state index contributed by atoms with van der Waals surface area (Å²) in [5, 5.41) is 3.68. The fraction of sp³-hybridized carbons (Fsp3) is 0.526. The molecule has 0 radical (unpaired) electrons. The van der Waals surface area contributed by atoms with Crippen LogP contribution in [0.15, 0.2) is 29.8 Å². The van der Waals surface area contributed by atoms with Crippen molar-refractivity contribution in [2.45, 2.75) is 33.1 Å². The lowest BCUT2D eigenvalue weighted by Crippen LogP contribution is -2.48. The molecule has 0 bridgehead atoms. The highest BCUT2D eigenvalue weighted by molar-refractivity contribution is 6.30. The van der Waals surface area contributed by atoms with Gasteiger partial charge >= 0.3 is 0 Å². The number of hydrogen-bond donors (Lipinski definition) is 1. The Morgan fingerprint density at radius 3 is 2.70 bits per heavy atom. The number of rotatable bonds is 3. The van der Waals surface area contributed by atoms with Gasteiger partial charge in [-0.15, -0.1) is 0 Å². The van der Waals surface area contributed by atoms with Crippen molar-refractivity contribution in [3.05, 3.63) is 40.4 Å². The summed E-state index contributed by atoms with van der Waals surface area (Å²) in [6, 6.07) is 8.19. The second-order valence-corrected chi connectivity index (χ2v) is 7.93. The molecule has 2 aliphatic rings. The smallest absolute Gasteiger partial charge is 0.234 e. The Balaban J connectivity index is 1.87. The maximum absolute atomic E-state index is 11.6. The maximum atomic E-state index is 11.6. The third kappa shape index (κ3) is 4.15. The van der Waals surface area contributed by atoms with Gasteiger partial charge < -0.3 is 5.32 Å². The minimum Gasteiger partial charge on any atom is -0.354 e. The fourth-order valence-electron chi connectivity index (χ4n) is 3.56. The van der Waals surface area contributed by atoms with Crippen LogP contribution in [0.2, 0.25) is 5.02 Å². The van der Waals surface area contributed by atoms with Gasteiger partial charge in [0.1, 0.15) is 0 Å². The summed E-state index contributed by atoms with van der Waals surface area (Å²) in [5.41, 5.74) is 4.54. The van der Waals surface area contributed by atoms with Crippen molar-refractivity contribution in [2.75, 3.05) is 26.2 Å². The molecule has 0 unspecified atom stereocenters. The average Bonchev–Trinajstić information content (AvgIpc) is 2.50. The second kappa shape index (κ2) is 6.66. The summed E-state index contributed by atoms with van der Waals surface area (Å²) < 4.78 is 0. The van der Waals surface area contributed by atoms with E-state index in [0.29, 0.717) is 12.0 Å². The molecular weight excluding hydrogens is 308 g/mol. The molecule has 1 fully saturated rings. The number of piperazine rings is 1. The van der Waals surface area contributed by atoms with E-state index in [9.17, 15) is 4.79 Å². The summed E-state index contributed by atoms with van der Waals surface area (Å²) >= 11 is 6.05. The second-order valence-electron chi connectivity index (χ2n) is 7.49. The molecule has 4 heteroatoms. The van der Waals surface area contributed by atoms with E-state index in [0.717, 1.165) is 37.5 Å². The summed E-state index contributed by atoms with van der Waals surface area (Å²) in [5.74, 6) is 0.140. The van der Waals surface area contributed by atoms with E-state index in [1.807, 2.05) is 12.1 Å². The lowest BCUT2D eigenvalue weighted by atomic mass is 9.72. The zero-order valence-corrected chi connectivity index (χ0v) is 14.7. The van der Waals surface area contributed by atoms with Crippen molar-refractivity contribution in [3.8, 4) is 0 Å². The maximum Gasteiger partial charge on any atom is 0.234 e. The van der Waals surface area contributed by atoms with Gasteiger partial charge in [-0.25, -0.2) is 0 Å². The van der Waals surface area contributed by atoms with Crippen molar-refractivity contribution in [1.82, 2.24) is 10.2 Å². The first-order valence-corrected chi connectivity index (χ1v) is 8.77. The third-order valence-electron chi connectivity index (χ3n) is 4.91. The van der Waals surface area contributed by atoms with Gasteiger partial charge in [0, 0.05) is 24.7 Å². The van der Waals surface area contributed by atoms with Gasteiger partial charge in [-0.1, -0.05) is 43.2 Å². The number of halogens is 1.